The molecule has 1 atom stereocenters. The molecule has 0 aliphatic heterocycles. The maximum absolute atomic E-state index is 13.6. The number of para-hydroxylation sites is 1. The van der Waals surface area contributed by atoms with Crippen molar-refractivity contribution in [2.75, 3.05) is 5.32 Å². The van der Waals surface area contributed by atoms with Crippen molar-refractivity contribution in [2.45, 2.75) is 19.4 Å². The van der Waals surface area contributed by atoms with Crippen molar-refractivity contribution in [1.29, 1.82) is 0 Å². The lowest BCUT2D eigenvalue weighted by atomic mass is 10.2. The number of amides is 1. The van der Waals surface area contributed by atoms with E-state index in [1.807, 2.05) is 0 Å². The molecule has 0 spiro atoms. The molecule has 1 heterocycles. The van der Waals surface area contributed by atoms with E-state index in [0.29, 0.717) is 22.7 Å². The number of benzene rings is 2. The van der Waals surface area contributed by atoms with Crippen LogP contribution >= 0.6 is 0 Å². The molecule has 0 saturated carbocycles. The van der Waals surface area contributed by atoms with Gasteiger partial charge in [-0.2, -0.15) is 0 Å². The molecule has 8 heteroatoms. The lowest BCUT2D eigenvalue weighted by Crippen LogP contribution is -2.30. The Morgan fingerprint density at radius 3 is 2.77 bits per heavy atom. The van der Waals surface area contributed by atoms with Crippen molar-refractivity contribution in [3.63, 3.8) is 0 Å². The molecule has 3 rings (SSSR count). The third-order valence-electron chi connectivity index (χ3n) is 3.63. The highest BCUT2D eigenvalue weighted by Gasteiger charge is 2.21. The molecule has 134 valence electrons. The summed E-state index contributed by atoms with van der Waals surface area (Å²) >= 11 is 0. The summed E-state index contributed by atoms with van der Waals surface area (Å²) in [6.45, 7) is 1.34. The standard InChI is InChI=1S/C18H14F2N2O4/c1-10(18(24)21-14-7-6-11(19)8-13(14)20)25-17(23)9-15-12-4-2-3-5-16(12)26-22-15/h2-8,10H,9H2,1H3,(H,21,24)/t10-/m0/s1. The summed E-state index contributed by atoms with van der Waals surface area (Å²) in [5, 5.41) is 6.73. The second-order valence-corrected chi connectivity index (χ2v) is 5.55. The number of ether oxygens (including phenoxy) is 1. The Morgan fingerprint density at radius 2 is 2.00 bits per heavy atom. The maximum atomic E-state index is 13.6. The number of fused-ring (bicyclic) bond motifs is 1. The van der Waals surface area contributed by atoms with E-state index in [2.05, 4.69) is 10.5 Å². The van der Waals surface area contributed by atoms with E-state index >= 15 is 0 Å². The Bertz CT molecular complexity index is 971. The molecule has 0 bridgehead atoms. The van der Waals surface area contributed by atoms with Gasteiger partial charge in [0.15, 0.2) is 11.7 Å². The van der Waals surface area contributed by atoms with Crippen LogP contribution in [0.1, 0.15) is 12.6 Å². The number of halogens is 2. The highest BCUT2D eigenvalue weighted by molar-refractivity contribution is 5.95. The molecular formula is C18H14F2N2O4. The smallest absolute Gasteiger partial charge is 0.312 e. The predicted octanol–water partition coefficient (Wildman–Crippen LogP) is 3.22. The number of nitrogens with zero attached hydrogens (tertiary/aromatic N) is 1. The average molecular weight is 360 g/mol. The van der Waals surface area contributed by atoms with Crippen LogP contribution in [0, 0.1) is 11.6 Å². The lowest BCUT2D eigenvalue weighted by Gasteiger charge is -2.13. The number of carbonyl (C=O) groups is 2. The zero-order valence-corrected chi connectivity index (χ0v) is 13.7. The first-order valence-electron chi connectivity index (χ1n) is 7.72. The Hall–Kier alpha value is -3.29. The fraction of sp³-hybridized carbons (Fsp3) is 0.167. The minimum Gasteiger partial charge on any atom is -0.452 e. The van der Waals surface area contributed by atoms with E-state index < -0.39 is 29.6 Å². The van der Waals surface area contributed by atoms with E-state index in [-0.39, 0.29) is 12.1 Å². The Kier molecular flexibility index (Phi) is 4.92. The largest absolute Gasteiger partial charge is 0.452 e. The second-order valence-electron chi connectivity index (χ2n) is 5.55. The van der Waals surface area contributed by atoms with Gasteiger partial charge in [0.05, 0.1) is 12.1 Å². The van der Waals surface area contributed by atoms with Crippen LogP contribution in [0.4, 0.5) is 14.5 Å². The highest BCUT2D eigenvalue weighted by atomic mass is 19.1. The van der Waals surface area contributed by atoms with Crippen molar-refractivity contribution in [3.05, 3.63) is 59.8 Å². The van der Waals surface area contributed by atoms with Crippen LogP contribution in [0.5, 0.6) is 0 Å². The second kappa shape index (κ2) is 7.30. The van der Waals surface area contributed by atoms with Crippen LogP contribution in [0.3, 0.4) is 0 Å². The number of hydrogen-bond acceptors (Lipinski definition) is 5. The van der Waals surface area contributed by atoms with Crippen molar-refractivity contribution in [3.8, 4) is 0 Å². The molecule has 26 heavy (non-hydrogen) atoms. The Balaban J connectivity index is 1.60. The first-order chi connectivity index (χ1) is 12.4. The Morgan fingerprint density at radius 1 is 1.23 bits per heavy atom. The van der Waals surface area contributed by atoms with Crippen LogP contribution in [0.25, 0.3) is 11.0 Å². The summed E-state index contributed by atoms with van der Waals surface area (Å²) in [4.78, 5) is 24.0. The molecule has 2 aromatic carbocycles. The number of anilines is 1. The fourth-order valence-electron chi connectivity index (χ4n) is 2.32. The molecule has 0 aliphatic rings. The molecular weight excluding hydrogens is 346 g/mol. The highest BCUT2D eigenvalue weighted by Crippen LogP contribution is 2.19. The lowest BCUT2D eigenvalue weighted by molar-refractivity contribution is -0.152. The van der Waals surface area contributed by atoms with Gasteiger partial charge < -0.3 is 14.6 Å². The van der Waals surface area contributed by atoms with Crippen molar-refractivity contribution in [2.24, 2.45) is 0 Å². The van der Waals surface area contributed by atoms with Crippen LogP contribution in [-0.2, 0) is 20.7 Å². The summed E-state index contributed by atoms with van der Waals surface area (Å²) in [5.41, 5.74) is 0.720. The van der Waals surface area contributed by atoms with E-state index in [1.54, 1.807) is 24.3 Å². The van der Waals surface area contributed by atoms with E-state index in [9.17, 15) is 18.4 Å². The average Bonchev–Trinajstić information content (AvgIpc) is 3.00. The number of carbonyl (C=O) groups excluding carboxylic acids is 2. The number of aromatic nitrogens is 1. The first kappa shape index (κ1) is 17.5. The van der Waals surface area contributed by atoms with Gasteiger partial charge in [0.2, 0.25) is 0 Å². The van der Waals surface area contributed by atoms with Crippen LogP contribution in [0.2, 0.25) is 0 Å². The zero-order chi connectivity index (χ0) is 18.7. The maximum Gasteiger partial charge on any atom is 0.312 e. The van der Waals surface area contributed by atoms with Gasteiger partial charge in [-0.1, -0.05) is 17.3 Å². The van der Waals surface area contributed by atoms with Gasteiger partial charge in [0.1, 0.15) is 17.3 Å². The van der Waals surface area contributed by atoms with Crippen molar-refractivity contribution in [1.82, 2.24) is 5.16 Å². The van der Waals surface area contributed by atoms with E-state index in [1.165, 1.54) is 6.92 Å². The quantitative estimate of drug-likeness (QED) is 0.707. The van der Waals surface area contributed by atoms with Gasteiger partial charge in [-0.05, 0) is 31.2 Å². The monoisotopic (exact) mass is 360 g/mol. The summed E-state index contributed by atoms with van der Waals surface area (Å²) in [6.07, 6.45) is -1.36. The summed E-state index contributed by atoms with van der Waals surface area (Å²) in [5.74, 6) is -3.12. The van der Waals surface area contributed by atoms with Gasteiger partial charge >= 0.3 is 5.97 Å². The fourth-order valence-corrected chi connectivity index (χ4v) is 2.32. The molecule has 0 saturated heterocycles. The zero-order valence-electron chi connectivity index (χ0n) is 13.7. The molecule has 0 aliphatic carbocycles. The first-order valence-corrected chi connectivity index (χ1v) is 7.72. The van der Waals surface area contributed by atoms with Gasteiger partial charge in [-0.3, -0.25) is 9.59 Å². The minimum absolute atomic E-state index is 0.181. The number of hydrogen-bond donors (Lipinski definition) is 1. The number of esters is 1. The molecule has 1 aromatic heterocycles. The molecule has 0 radical (unpaired) electrons. The SMILES string of the molecule is C[C@H](OC(=O)Cc1noc2ccccc12)C(=O)Nc1ccc(F)cc1F. The molecule has 0 fully saturated rings. The predicted molar refractivity (Wildman–Crippen MR) is 88.3 cm³/mol. The summed E-state index contributed by atoms with van der Waals surface area (Å²) in [7, 11) is 0. The van der Waals surface area contributed by atoms with Gasteiger partial charge in [0, 0.05) is 11.5 Å². The van der Waals surface area contributed by atoms with Gasteiger partial charge in [-0.25, -0.2) is 8.78 Å². The summed E-state index contributed by atoms with van der Waals surface area (Å²) in [6, 6.07) is 9.75. The summed E-state index contributed by atoms with van der Waals surface area (Å²) < 4.78 is 36.6. The third kappa shape index (κ3) is 3.85. The molecule has 1 N–H and O–H groups in total. The molecule has 3 aromatic rings. The van der Waals surface area contributed by atoms with E-state index in [0.717, 1.165) is 12.1 Å². The molecule has 6 nitrogen and oxygen atoms in total. The Labute approximate surface area is 146 Å². The molecule has 1 amide bonds. The minimum atomic E-state index is -1.18. The number of rotatable bonds is 5. The van der Waals surface area contributed by atoms with Crippen LogP contribution < -0.4 is 5.32 Å². The van der Waals surface area contributed by atoms with Gasteiger partial charge in [-0.15, -0.1) is 0 Å². The van der Waals surface area contributed by atoms with Gasteiger partial charge in [0.25, 0.3) is 5.91 Å². The topological polar surface area (TPSA) is 81.4 Å². The van der Waals surface area contributed by atoms with E-state index in [4.69, 9.17) is 9.26 Å². The van der Waals surface area contributed by atoms with Crippen LogP contribution in [0.15, 0.2) is 47.0 Å². The molecule has 0 unspecified atom stereocenters. The third-order valence-corrected chi connectivity index (χ3v) is 3.63. The number of nitrogens with one attached hydrogen (secondary N) is 1. The van der Waals surface area contributed by atoms with Crippen LogP contribution in [-0.4, -0.2) is 23.1 Å². The normalized spacial score (nSPS) is 12.0. The van der Waals surface area contributed by atoms with Crippen molar-refractivity contribution < 1.29 is 27.6 Å². The van der Waals surface area contributed by atoms with Crippen molar-refractivity contribution >= 4 is 28.5 Å².